The number of hydrogen-bond donors (Lipinski definition) is 1. The molecule has 0 aliphatic heterocycles. The third-order valence-electron chi connectivity index (χ3n) is 6.51. The fourth-order valence-electron chi connectivity index (χ4n) is 4.61. The highest BCUT2D eigenvalue weighted by molar-refractivity contribution is 5.99. The second-order valence-electron chi connectivity index (χ2n) is 8.79. The van der Waals surface area contributed by atoms with E-state index in [-0.39, 0.29) is 12.5 Å². The summed E-state index contributed by atoms with van der Waals surface area (Å²) in [5.74, 6) is 0.620. The fourth-order valence-corrected chi connectivity index (χ4v) is 4.61. The van der Waals surface area contributed by atoms with Crippen LogP contribution in [-0.2, 0) is 25.6 Å². The zero-order chi connectivity index (χ0) is 25.4. The maximum absolute atomic E-state index is 13.8. The largest absolute Gasteiger partial charge is 0.417 e. The summed E-state index contributed by atoms with van der Waals surface area (Å²) in [6.07, 6.45) is 2.14. The number of rotatable bonds is 5. The van der Waals surface area contributed by atoms with Gasteiger partial charge in [-0.05, 0) is 73.7 Å². The Hall–Kier alpha value is -4.08. The second-order valence-corrected chi connectivity index (χ2v) is 8.79. The molecule has 1 aliphatic rings. The monoisotopic (exact) mass is 492 g/mol. The molecular formula is C26H23F3N6O. The Morgan fingerprint density at radius 3 is 2.53 bits per heavy atom. The minimum atomic E-state index is -4.49. The average Bonchev–Trinajstić information content (AvgIpc) is 3.38. The van der Waals surface area contributed by atoms with Gasteiger partial charge >= 0.3 is 6.18 Å². The normalized spacial score (nSPS) is 14.0. The van der Waals surface area contributed by atoms with Crippen LogP contribution < -0.4 is 5.73 Å². The zero-order valence-electron chi connectivity index (χ0n) is 19.5. The lowest BCUT2D eigenvalue weighted by molar-refractivity contribution is -0.137. The van der Waals surface area contributed by atoms with Gasteiger partial charge in [0, 0.05) is 29.5 Å². The lowest BCUT2D eigenvalue weighted by Crippen LogP contribution is -2.34. The number of carbonyl (C=O) groups is 1. The molecule has 0 fully saturated rings. The van der Waals surface area contributed by atoms with Gasteiger partial charge in [0.2, 0.25) is 0 Å². The highest BCUT2D eigenvalue weighted by Gasteiger charge is 2.31. The predicted molar refractivity (Wildman–Crippen MR) is 128 cm³/mol. The standard InChI is InChI=1S/C26H23F3N6O/c1-15(24-31-10-3-11-32-24)35(14-18-8-7-17(13-33-18)26(27,28)29)25(36)16-6-9-22-21(12-16)19-4-2-5-20(19)23(30)34-22/h3,6-13,15H,2,4-5,14H2,1H3,(H2,30,34). The third-order valence-corrected chi connectivity index (χ3v) is 6.51. The maximum atomic E-state index is 13.8. The topological polar surface area (TPSA) is 97.9 Å². The van der Waals surface area contributed by atoms with Gasteiger partial charge in [0.25, 0.3) is 5.91 Å². The van der Waals surface area contributed by atoms with Crippen molar-refractivity contribution in [1.29, 1.82) is 0 Å². The van der Waals surface area contributed by atoms with Crippen molar-refractivity contribution in [3.63, 3.8) is 0 Å². The van der Waals surface area contributed by atoms with Crippen molar-refractivity contribution in [3.8, 4) is 0 Å². The van der Waals surface area contributed by atoms with Crippen LogP contribution in [0.5, 0.6) is 0 Å². The van der Waals surface area contributed by atoms with Crippen LogP contribution in [0.2, 0.25) is 0 Å². The predicted octanol–water partition coefficient (Wildman–Crippen LogP) is 4.91. The molecule has 1 amide bonds. The number of benzene rings is 1. The molecular weight excluding hydrogens is 469 g/mol. The summed E-state index contributed by atoms with van der Waals surface area (Å²) in [5.41, 5.74) is 8.90. The van der Waals surface area contributed by atoms with Crippen LogP contribution in [0.4, 0.5) is 19.0 Å². The van der Waals surface area contributed by atoms with E-state index < -0.39 is 17.8 Å². The van der Waals surface area contributed by atoms with E-state index in [1.807, 2.05) is 6.07 Å². The van der Waals surface area contributed by atoms with Crippen molar-refractivity contribution < 1.29 is 18.0 Å². The fraction of sp³-hybridized carbons (Fsp3) is 0.269. The number of pyridine rings is 2. The van der Waals surface area contributed by atoms with E-state index in [1.165, 1.54) is 11.0 Å². The first-order valence-electron chi connectivity index (χ1n) is 11.5. The van der Waals surface area contributed by atoms with Crippen LogP contribution in [0.1, 0.15) is 58.0 Å². The summed E-state index contributed by atoms with van der Waals surface area (Å²) in [7, 11) is 0. The first-order valence-corrected chi connectivity index (χ1v) is 11.5. The number of aromatic nitrogens is 4. The molecule has 4 aromatic rings. The van der Waals surface area contributed by atoms with Gasteiger partial charge in [-0.2, -0.15) is 13.2 Å². The smallest absolute Gasteiger partial charge is 0.383 e. The first-order chi connectivity index (χ1) is 17.2. The van der Waals surface area contributed by atoms with Crippen LogP contribution in [-0.4, -0.2) is 30.7 Å². The number of nitrogen functional groups attached to an aromatic ring is 1. The van der Waals surface area contributed by atoms with Crippen LogP contribution >= 0.6 is 0 Å². The summed E-state index contributed by atoms with van der Waals surface area (Å²) in [6, 6.07) is 8.63. The van der Waals surface area contributed by atoms with E-state index in [1.54, 1.807) is 37.5 Å². The molecule has 3 aromatic heterocycles. The van der Waals surface area contributed by atoms with E-state index in [0.717, 1.165) is 53.6 Å². The SMILES string of the molecule is CC(c1ncccn1)N(Cc1ccc(C(F)(F)F)cn1)C(=O)c1ccc2nc(N)c3c(c2c1)CCC3. The molecule has 1 atom stereocenters. The third kappa shape index (κ3) is 4.46. The minimum Gasteiger partial charge on any atom is -0.383 e. The number of alkyl halides is 3. The zero-order valence-corrected chi connectivity index (χ0v) is 19.5. The Labute approximate surface area is 205 Å². The first kappa shape index (κ1) is 23.7. The molecule has 0 saturated heterocycles. The van der Waals surface area contributed by atoms with Crippen molar-refractivity contribution in [1.82, 2.24) is 24.8 Å². The summed E-state index contributed by atoms with van der Waals surface area (Å²) < 4.78 is 39.0. The summed E-state index contributed by atoms with van der Waals surface area (Å²) >= 11 is 0. The van der Waals surface area contributed by atoms with Gasteiger partial charge in [0.05, 0.1) is 29.4 Å². The van der Waals surface area contributed by atoms with Crippen molar-refractivity contribution in [2.75, 3.05) is 5.73 Å². The van der Waals surface area contributed by atoms with Crippen molar-refractivity contribution in [2.45, 2.75) is 44.9 Å². The molecule has 7 nitrogen and oxygen atoms in total. The van der Waals surface area contributed by atoms with Crippen molar-refractivity contribution >= 4 is 22.6 Å². The van der Waals surface area contributed by atoms with Gasteiger partial charge in [0.1, 0.15) is 11.6 Å². The van der Waals surface area contributed by atoms with Gasteiger partial charge in [0.15, 0.2) is 0 Å². The molecule has 0 bridgehead atoms. The number of anilines is 1. The molecule has 5 rings (SSSR count). The van der Waals surface area contributed by atoms with Gasteiger partial charge in [-0.3, -0.25) is 9.78 Å². The van der Waals surface area contributed by atoms with E-state index >= 15 is 0 Å². The molecule has 2 N–H and O–H groups in total. The lowest BCUT2D eigenvalue weighted by atomic mass is 10.0. The molecule has 1 unspecified atom stereocenters. The van der Waals surface area contributed by atoms with Gasteiger partial charge in [-0.1, -0.05) is 0 Å². The van der Waals surface area contributed by atoms with E-state index in [9.17, 15) is 18.0 Å². The molecule has 0 spiro atoms. The van der Waals surface area contributed by atoms with Gasteiger partial charge in [-0.15, -0.1) is 0 Å². The van der Waals surface area contributed by atoms with Crippen LogP contribution in [0.15, 0.2) is 55.0 Å². The summed E-state index contributed by atoms with van der Waals surface area (Å²) in [6.45, 7) is 1.75. The lowest BCUT2D eigenvalue weighted by Gasteiger charge is -2.28. The number of carbonyl (C=O) groups excluding carboxylic acids is 1. The number of fused-ring (bicyclic) bond motifs is 3. The molecule has 0 saturated carbocycles. The summed E-state index contributed by atoms with van der Waals surface area (Å²) in [5, 5.41) is 0.888. The number of amides is 1. The number of aryl methyl sites for hydroxylation is 1. The highest BCUT2D eigenvalue weighted by Crippen LogP contribution is 2.34. The Bertz CT molecular complexity index is 1420. The minimum absolute atomic E-state index is 0.0213. The maximum Gasteiger partial charge on any atom is 0.417 e. The quantitative estimate of drug-likeness (QED) is 0.425. The van der Waals surface area contributed by atoms with E-state index in [4.69, 9.17) is 5.73 Å². The Morgan fingerprint density at radius 2 is 1.83 bits per heavy atom. The van der Waals surface area contributed by atoms with E-state index in [0.29, 0.717) is 22.9 Å². The Kier molecular flexibility index (Phi) is 6.03. The Morgan fingerprint density at radius 1 is 1.08 bits per heavy atom. The average molecular weight is 493 g/mol. The molecule has 3 heterocycles. The number of halogens is 3. The van der Waals surface area contributed by atoms with Crippen LogP contribution in [0, 0.1) is 0 Å². The molecule has 1 aromatic carbocycles. The van der Waals surface area contributed by atoms with Crippen LogP contribution in [0.3, 0.4) is 0 Å². The van der Waals surface area contributed by atoms with E-state index in [2.05, 4.69) is 19.9 Å². The second kappa shape index (κ2) is 9.18. The number of nitrogens with two attached hydrogens (primary N) is 1. The van der Waals surface area contributed by atoms with Crippen molar-refractivity contribution in [2.24, 2.45) is 0 Å². The number of hydrogen-bond acceptors (Lipinski definition) is 6. The molecule has 1 aliphatic carbocycles. The Balaban J connectivity index is 1.53. The molecule has 0 radical (unpaired) electrons. The van der Waals surface area contributed by atoms with Gasteiger partial charge in [-0.25, -0.2) is 15.0 Å². The van der Waals surface area contributed by atoms with Gasteiger partial charge < -0.3 is 10.6 Å². The number of nitrogens with zero attached hydrogens (tertiary/aromatic N) is 5. The van der Waals surface area contributed by atoms with Crippen molar-refractivity contribution in [3.05, 3.63) is 88.8 Å². The summed E-state index contributed by atoms with van der Waals surface area (Å²) in [4.78, 5) is 32.3. The highest BCUT2D eigenvalue weighted by atomic mass is 19.4. The molecule has 36 heavy (non-hydrogen) atoms. The van der Waals surface area contributed by atoms with Crippen LogP contribution in [0.25, 0.3) is 10.9 Å². The molecule has 10 heteroatoms. The molecule has 184 valence electrons.